The van der Waals surface area contributed by atoms with Crippen LogP contribution in [-0.4, -0.2) is 55.1 Å². The number of hydrogen-bond donors (Lipinski definition) is 0. The van der Waals surface area contributed by atoms with E-state index in [1.807, 2.05) is 0 Å². The third-order valence-corrected chi connectivity index (χ3v) is 0. The van der Waals surface area contributed by atoms with Crippen LogP contribution in [0.25, 0.3) is 0 Å². The van der Waals surface area contributed by atoms with Crippen LogP contribution >= 0.6 is 0 Å². The summed E-state index contributed by atoms with van der Waals surface area (Å²) in [5.41, 5.74) is 0. The van der Waals surface area contributed by atoms with Crippen molar-refractivity contribution >= 4 is 55.1 Å². The molecule has 0 heterocycles. The summed E-state index contributed by atoms with van der Waals surface area (Å²) < 4.78 is -0.750. The van der Waals surface area contributed by atoms with Crippen LogP contribution in [-0.2, 0) is 3.12 Å². The molecule has 0 rings (SSSR count). The van der Waals surface area contributed by atoms with Gasteiger partial charge in [0.15, 0.2) is 0 Å². The molecule has 34 valence electrons. The van der Waals surface area contributed by atoms with E-state index in [4.69, 9.17) is 0 Å². The van der Waals surface area contributed by atoms with Gasteiger partial charge in [0.2, 0.25) is 0 Å². The Labute approximate surface area is 57.2 Å². The van der Waals surface area contributed by atoms with E-state index in [9.17, 15) is 0 Å². The predicted octanol–water partition coefficient (Wildman–Crippen LogP) is -1.53. The van der Waals surface area contributed by atoms with Crippen LogP contribution in [0, 0.1) is 0 Å². The first-order chi connectivity index (χ1) is 2.00. The molecule has 0 aromatic heterocycles. The summed E-state index contributed by atoms with van der Waals surface area (Å²) in [5, 5.41) is 0. The normalized spacial score (nSPS) is 14.4. The van der Waals surface area contributed by atoms with Crippen molar-refractivity contribution in [2.24, 2.45) is 0 Å². The second-order valence-electron chi connectivity index (χ2n) is 0.316. The molecule has 0 aliphatic heterocycles. The van der Waals surface area contributed by atoms with Crippen molar-refractivity contribution in [3.8, 4) is 0 Å². The average molecular weight is 375 g/mol. The molecule has 0 bridgehead atoms. The van der Waals surface area contributed by atoms with Crippen LogP contribution in [0.5, 0.6) is 0 Å². The van der Waals surface area contributed by atoms with Gasteiger partial charge in [-0.1, -0.05) is 0 Å². The molecule has 0 spiro atoms. The standard InChI is InChI=1S/Ni.4Se. The van der Waals surface area contributed by atoms with E-state index in [1.54, 1.807) is 0 Å². The molecule has 5 heavy (non-hydrogen) atoms. The van der Waals surface area contributed by atoms with Crippen molar-refractivity contribution in [3.05, 3.63) is 0 Å². The zero-order chi connectivity index (χ0) is 4.50. The summed E-state index contributed by atoms with van der Waals surface area (Å²) in [5.74, 6) is 0. The van der Waals surface area contributed by atoms with Crippen molar-refractivity contribution in [3.63, 3.8) is 0 Å². The molecular formula is NiSe4. The molecular weight excluding hydrogens is 375 g/mol. The molecule has 0 N–H and O–H groups in total. The van der Waals surface area contributed by atoms with Crippen LogP contribution in [0.3, 0.4) is 0 Å². The van der Waals surface area contributed by atoms with E-state index in [2.05, 4.69) is 55.1 Å². The molecule has 5 heteroatoms. The molecule has 0 aliphatic rings. The molecule has 0 radical (unpaired) electrons. The van der Waals surface area contributed by atoms with E-state index in [-0.39, 0.29) is 0 Å². The van der Waals surface area contributed by atoms with Gasteiger partial charge in [-0.2, -0.15) is 0 Å². The Bertz CT molecular complexity index is 155. The van der Waals surface area contributed by atoms with Gasteiger partial charge in [-0.25, -0.2) is 0 Å². The van der Waals surface area contributed by atoms with Crippen LogP contribution in [0.4, 0.5) is 0 Å². The third-order valence-electron chi connectivity index (χ3n) is 0. The molecule has 0 amide bonds. The SMILES string of the molecule is [Se]=[Ni](=[Se])(=[Se])=[Se]. The van der Waals surface area contributed by atoms with Gasteiger partial charge in [0.25, 0.3) is 0 Å². The van der Waals surface area contributed by atoms with E-state index >= 15 is 0 Å². The fourth-order valence-corrected chi connectivity index (χ4v) is 0. The average Bonchev–Trinajstić information content (AvgIpc) is 0.722. The molecule has 0 aromatic carbocycles. The van der Waals surface area contributed by atoms with Crippen molar-refractivity contribution in [2.45, 2.75) is 0 Å². The Morgan fingerprint density at radius 1 is 0.800 bits per heavy atom. The van der Waals surface area contributed by atoms with E-state index < -0.39 is 3.12 Å². The van der Waals surface area contributed by atoms with Crippen molar-refractivity contribution < 1.29 is 3.12 Å². The van der Waals surface area contributed by atoms with Crippen LogP contribution < -0.4 is 0 Å². The molecule has 0 nitrogen and oxygen atoms in total. The monoisotopic (exact) mass is 378 g/mol. The fraction of sp³-hybridized carbons (Fsp3) is 0. The molecule has 0 saturated heterocycles. The predicted molar refractivity (Wildman–Crippen MR) is 23.0 cm³/mol. The maximum absolute atomic E-state index is 2.91. The first-order valence-corrected chi connectivity index (χ1v) is 11.1. The Hall–Kier alpha value is 2.57. The van der Waals surface area contributed by atoms with Gasteiger partial charge in [0.05, 0.1) is 0 Å². The molecule has 0 fully saturated rings. The minimum atomic E-state index is -0.750. The molecule has 0 aromatic rings. The van der Waals surface area contributed by atoms with Gasteiger partial charge in [-0.3, -0.25) is 0 Å². The topological polar surface area (TPSA) is 0 Å². The molecule has 0 aliphatic carbocycles. The molecule has 0 atom stereocenters. The Balaban J connectivity index is 6.05. The first kappa shape index (κ1) is 7.57. The summed E-state index contributed by atoms with van der Waals surface area (Å²) in [6.45, 7) is 0. The second kappa shape index (κ2) is 2.78. The number of rotatable bonds is 0. The second-order valence-corrected chi connectivity index (χ2v) is 35.2. The number of hydrogen-bond acceptors (Lipinski definition) is 0. The van der Waals surface area contributed by atoms with Gasteiger partial charge < -0.3 is 0 Å². The summed E-state index contributed by atoms with van der Waals surface area (Å²) in [7, 11) is 0. The zero-order valence-corrected chi connectivity index (χ0v) is 9.79. The summed E-state index contributed by atoms with van der Waals surface area (Å²) in [6, 6.07) is 0. The van der Waals surface area contributed by atoms with Gasteiger partial charge >= 0.3 is 58.2 Å². The summed E-state index contributed by atoms with van der Waals surface area (Å²) >= 11 is 11.6. The van der Waals surface area contributed by atoms with Gasteiger partial charge in [0, 0.05) is 0 Å². The summed E-state index contributed by atoms with van der Waals surface area (Å²) in [6.07, 6.45) is 0. The minimum absolute atomic E-state index is 0.750. The third kappa shape index (κ3) is 20.8. The van der Waals surface area contributed by atoms with Gasteiger partial charge in [0.1, 0.15) is 0 Å². The van der Waals surface area contributed by atoms with E-state index in [0.29, 0.717) is 0 Å². The van der Waals surface area contributed by atoms with Gasteiger partial charge in [-0.15, -0.1) is 0 Å². The fourth-order valence-electron chi connectivity index (χ4n) is 0. The van der Waals surface area contributed by atoms with Crippen LogP contribution in [0.2, 0.25) is 0 Å². The molecule has 0 unspecified atom stereocenters. The van der Waals surface area contributed by atoms with Crippen molar-refractivity contribution in [1.29, 1.82) is 0 Å². The Morgan fingerprint density at radius 2 is 0.800 bits per heavy atom. The Morgan fingerprint density at radius 3 is 0.800 bits per heavy atom. The maximum atomic E-state index is 2.91. The quantitative estimate of drug-likeness (QED) is 0.452. The van der Waals surface area contributed by atoms with Crippen LogP contribution in [0.15, 0.2) is 0 Å². The van der Waals surface area contributed by atoms with Crippen molar-refractivity contribution in [2.75, 3.05) is 0 Å². The summed E-state index contributed by atoms with van der Waals surface area (Å²) in [4.78, 5) is 0. The molecule has 0 saturated carbocycles. The van der Waals surface area contributed by atoms with E-state index in [0.717, 1.165) is 0 Å². The van der Waals surface area contributed by atoms with Crippen LogP contribution in [0.1, 0.15) is 0 Å². The zero-order valence-electron chi connectivity index (χ0n) is 1.95. The first-order valence-electron chi connectivity index (χ1n) is 0.516. The Kier molecular flexibility index (Phi) is 4.20. The van der Waals surface area contributed by atoms with Gasteiger partial charge in [-0.05, 0) is 0 Å². The van der Waals surface area contributed by atoms with E-state index in [1.165, 1.54) is 0 Å². The van der Waals surface area contributed by atoms with Crippen molar-refractivity contribution in [1.82, 2.24) is 0 Å².